The summed E-state index contributed by atoms with van der Waals surface area (Å²) in [7, 11) is 0. The number of carboxylic acids is 1. The van der Waals surface area contributed by atoms with Crippen LogP contribution in [0.1, 0.15) is 46.8 Å². The number of carboxylic acid groups (broad SMARTS) is 1. The number of morpholine rings is 1. The average molecular weight is 409 g/mol. The van der Waals surface area contributed by atoms with Gasteiger partial charge in [0.25, 0.3) is 0 Å². The Hall–Kier alpha value is -1.48. The minimum atomic E-state index is -0.880. The van der Waals surface area contributed by atoms with Crippen LogP contribution in [-0.4, -0.2) is 78.3 Å². The first-order valence-corrected chi connectivity index (χ1v) is 10.8. The molecule has 4 rings (SSSR count). The van der Waals surface area contributed by atoms with Crippen LogP contribution in [0.5, 0.6) is 0 Å². The van der Waals surface area contributed by atoms with Crippen molar-refractivity contribution in [3.05, 3.63) is 21.4 Å². The summed E-state index contributed by atoms with van der Waals surface area (Å²) in [5, 5.41) is 9.35. The standard InChI is InChI=1S/C20H28N2O5S/c1-19(2,22-8-11-26-12-9-22)18(25)21-6-4-20(5-7-21)14-13-16(17(23)24)28-15(14)3-10-27-20/h13H,3-12H2,1-2H3,(H,23,24). The number of piperidine rings is 1. The van der Waals surface area contributed by atoms with Crippen LogP contribution in [0.25, 0.3) is 0 Å². The predicted molar refractivity (Wildman–Crippen MR) is 105 cm³/mol. The lowest BCUT2D eigenvalue weighted by Gasteiger charge is -2.47. The maximum Gasteiger partial charge on any atom is 0.345 e. The Kier molecular flexibility index (Phi) is 5.24. The van der Waals surface area contributed by atoms with Crippen molar-refractivity contribution in [1.82, 2.24) is 9.80 Å². The average Bonchev–Trinajstić information content (AvgIpc) is 3.15. The zero-order valence-electron chi connectivity index (χ0n) is 16.5. The van der Waals surface area contributed by atoms with Gasteiger partial charge in [-0.25, -0.2) is 4.79 Å². The second-order valence-corrected chi connectivity index (χ2v) is 9.43. The Bertz CT molecular complexity index is 761. The number of carbonyl (C=O) groups is 2. The molecular weight excluding hydrogens is 380 g/mol. The molecule has 0 aliphatic carbocycles. The van der Waals surface area contributed by atoms with Crippen molar-refractivity contribution in [2.24, 2.45) is 0 Å². The number of nitrogens with zero attached hydrogens (tertiary/aromatic N) is 2. The molecule has 1 N–H and O–H groups in total. The van der Waals surface area contributed by atoms with Crippen LogP contribution in [0.15, 0.2) is 6.07 Å². The van der Waals surface area contributed by atoms with E-state index in [0.29, 0.717) is 50.6 Å². The maximum atomic E-state index is 13.3. The smallest absolute Gasteiger partial charge is 0.345 e. The highest BCUT2D eigenvalue weighted by Gasteiger charge is 2.46. The molecule has 154 valence electrons. The zero-order valence-corrected chi connectivity index (χ0v) is 17.3. The molecule has 1 amide bonds. The SMILES string of the molecule is CC(C)(C(=O)N1CCC2(CC1)OCCc1sc(C(=O)O)cc12)N1CCOCC1. The van der Waals surface area contributed by atoms with E-state index in [-0.39, 0.29) is 5.91 Å². The summed E-state index contributed by atoms with van der Waals surface area (Å²) in [5.41, 5.74) is 0.0318. The number of hydrogen-bond donors (Lipinski definition) is 1. The van der Waals surface area contributed by atoms with E-state index in [9.17, 15) is 14.7 Å². The van der Waals surface area contributed by atoms with Crippen molar-refractivity contribution >= 4 is 23.2 Å². The van der Waals surface area contributed by atoms with E-state index < -0.39 is 17.1 Å². The molecule has 0 atom stereocenters. The summed E-state index contributed by atoms with van der Waals surface area (Å²) >= 11 is 1.36. The molecule has 2 saturated heterocycles. The molecule has 2 fully saturated rings. The number of ether oxygens (including phenoxy) is 2. The summed E-state index contributed by atoms with van der Waals surface area (Å²) in [6.07, 6.45) is 2.18. The molecule has 4 heterocycles. The lowest BCUT2D eigenvalue weighted by atomic mass is 9.81. The molecule has 1 aromatic rings. The van der Waals surface area contributed by atoms with E-state index in [1.54, 1.807) is 6.07 Å². The Balaban J connectivity index is 1.48. The number of hydrogen-bond acceptors (Lipinski definition) is 6. The molecule has 0 saturated carbocycles. The van der Waals surface area contributed by atoms with Gasteiger partial charge in [0.1, 0.15) is 4.88 Å². The van der Waals surface area contributed by atoms with Gasteiger partial charge in [-0.2, -0.15) is 0 Å². The van der Waals surface area contributed by atoms with Gasteiger partial charge in [-0.15, -0.1) is 11.3 Å². The van der Waals surface area contributed by atoms with Gasteiger partial charge in [0.05, 0.1) is 31.0 Å². The van der Waals surface area contributed by atoms with Crippen molar-refractivity contribution in [2.45, 2.75) is 44.2 Å². The normalized spacial score (nSPS) is 22.9. The highest BCUT2D eigenvalue weighted by atomic mass is 32.1. The summed E-state index contributed by atoms with van der Waals surface area (Å²) in [4.78, 5) is 30.3. The Morgan fingerprint density at radius 2 is 1.82 bits per heavy atom. The molecule has 1 aromatic heterocycles. The van der Waals surface area contributed by atoms with Gasteiger partial charge in [-0.1, -0.05) is 0 Å². The number of amides is 1. The largest absolute Gasteiger partial charge is 0.477 e. The second-order valence-electron chi connectivity index (χ2n) is 8.30. The molecule has 3 aliphatic rings. The fourth-order valence-corrected chi connectivity index (χ4v) is 5.72. The van der Waals surface area contributed by atoms with E-state index in [0.717, 1.165) is 30.0 Å². The van der Waals surface area contributed by atoms with Gasteiger partial charge in [0, 0.05) is 37.5 Å². The fraction of sp³-hybridized carbons (Fsp3) is 0.700. The third-order valence-electron chi connectivity index (χ3n) is 6.40. The van der Waals surface area contributed by atoms with Crippen LogP contribution in [0.3, 0.4) is 0 Å². The van der Waals surface area contributed by atoms with Crippen LogP contribution in [0.2, 0.25) is 0 Å². The third kappa shape index (κ3) is 3.36. The first-order valence-electron chi connectivity index (χ1n) is 9.96. The highest BCUT2D eigenvalue weighted by Crippen LogP contribution is 2.45. The minimum Gasteiger partial charge on any atom is -0.477 e. The van der Waals surface area contributed by atoms with E-state index in [4.69, 9.17) is 9.47 Å². The molecule has 1 spiro atoms. The Labute approximate surface area is 169 Å². The Morgan fingerprint density at radius 3 is 2.46 bits per heavy atom. The molecule has 7 nitrogen and oxygen atoms in total. The van der Waals surface area contributed by atoms with Crippen LogP contribution in [0.4, 0.5) is 0 Å². The summed E-state index contributed by atoms with van der Waals surface area (Å²) in [6.45, 7) is 8.75. The summed E-state index contributed by atoms with van der Waals surface area (Å²) in [6, 6.07) is 1.79. The minimum absolute atomic E-state index is 0.150. The lowest BCUT2D eigenvalue weighted by Crippen LogP contribution is -2.60. The second kappa shape index (κ2) is 7.40. The number of likely N-dealkylation sites (tertiary alicyclic amines) is 1. The molecule has 0 bridgehead atoms. The van der Waals surface area contributed by atoms with Crippen LogP contribution < -0.4 is 0 Å². The first-order chi connectivity index (χ1) is 13.3. The highest BCUT2D eigenvalue weighted by molar-refractivity contribution is 7.14. The molecule has 28 heavy (non-hydrogen) atoms. The quantitative estimate of drug-likeness (QED) is 0.824. The van der Waals surface area contributed by atoms with Crippen LogP contribution in [0, 0.1) is 0 Å². The third-order valence-corrected chi connectivity index (χ3v) is 7.58. The maximum absolute atomic E-state index is 13.3. The first kappa shape index (κ1) is 19.8. The fourth-order valence-electron chi connectivity index (χ4n) is 4.65. The number of aromatic carboxylic acids is 1. The van der Waals surface area contributed by atoms with Crippen molar-refractivity contribution in [3.8, 4) is 0 Å². The Morgan fingerprint density at radius 1 is 1.14 bits per heavy atom. The summed E-state index contributed by atoms with van der Waals surface area (Å²) in [5.74, 6) is -0.730. The van der Waals surface area contributed by atoms with Gasteiger partial charge in [-0.3, -0.25) is 9.69 Å². The van der Waals surface area contributed by atoms with Crippen molar-refractivity contribution in [2.75, 3.05) is 46.0 Å². The van der Waals surface area contributed by atoms with E-state index in [2.05, 4.69) is 4.90 Å². The van der Waals surface area contributed by atoms with Crippen molar-refractivity contribution in [3.63, 3.8) is 0 Å². The van der Waals surface area contributed by atoms with Crippen LogP contribution in [-0.2, 0) is 26.3 Å². The molecular formula is C20H28N2O5S. The number of thiophene rings is 1. The summed E-state index contributed by atoms with van der Waals surface area (Å²) < 4.78 is 11.6. The molecule has 0 radical (unpaired) electrons. The van der Waals surface area contributed by atoms with Gasteiger partial charge < -0.3 is 19.5 Å². The predicted octanol–water partition coefficient (Wildman–Crippen LogP) is 1.95. The van der Waals surface area contributed by atoms with Gasteiger partial charge in [-0.05, 0) is 38.3 Å². The number of rotatable bonds is 3. The molecule has 0 unspecified atom stereocenters. The monoisotopic (exact) mass is 408 g/mol. The van der Waals surface area contributed by atoms with Gasteiger partial charge in [0.2, 0.25) is 5.91 Å². The molecule has 8 heteroatoms. The van der Waals surface area contributed by atoms with Crippen LogP contribution >= 0.6 is 11.3 Å². The molecule has 3 aliphatic heterocycles. The lowest BCUT2D eigenvalue weighted by molar-refractivity contribution is -0.153. The zero-order chi connectivity index (χ0) is 19.9. The van der Waals surface area contributed by atoms with E-state index in [1.165, 1.54) is 11.3 Å². The van der Waals surface area contributed by atoms with Crippen molar-refractivity contribution in [1.29, 1.82) is 0 Å². The number of fused-ring (bicyclic) bond motifs is 2. The van der Waals surface area contributed by atoms with Crippen molar-refractivity contribution < 1.29 is 24.2 Å². The van der Waals surface area contributed by atoms with E-state index >= 15 is 0 Å². The molecule has 0 aromatic carbocycles. The van der Waals surface area contributed by atoms with Gasteiger partial charge in [0.15, 0.2) is 0 Å². The number of carbonyl (C=O) groups excluding carboxylic acids is 1. The van der Waals surface area contributed by atoms with E-state index in [1.807, 2.05) is 18.7 Å². The topological polar surface area (TPSA) is 79.3 Å². The van der Waals surface area contributed by atoms with Gasteiger partial charge >= 0.3 is 5.97 Å².